The Bertz CT molecular complexity index is 1950. The van der Waals surface area contributed by atoms with Gasteiger partial charge >= 0.3 is 0 Å². The summed E-state index contributed by atoms with van der Waals surface area (Å²) in [5.41, 5.74) is 1.98. The topological polar surface area (TPSA) is 125 Å². The predicted molar refractivity (Wildman–Crippen MR) is 199 cm³/mol. The Balaban J connectivity index is 1.09. The Hall–Kier alpha value is -4.43. The summed E-state index contributed by atoms with van der Waals surface area (Å²) in [7, 11) is -3.38. The molecule has 5 atom stereocenters. The summed E-state index contributed by atoms with van der Waals surface area (Å²) in [6.45, 7) is 7.47. The average molecular weight is 724 g/mol. The van der Waals surface area contributed by atoms with E-state index in [1.807, 2.05) is 96.9 Å². The summed E-state index contributed by atoms with van der Waals surface area (Å²) in [5, 5.41) is 25.3. The molecule has 13 heteroatoms. The van der Waals surface area contributed by atoms with Crippen LogP contribution < -0.4 is 20.4 Å². The van der Waals surface area contributed by atoms with E-state index in [4.69, 9.17) is 4.74 Å². The van der Waals surface area contributed by atoms with E-state index in [9.17, 15) is 14.7 Å². The molecule has 3 N–H and O–H groups in total. The number of aromatic nitrogens is 3. The number of aliphatic hydroxyl groups excluding tert-OH is 1. The fourth-order valence-corrected chi connectivity index (χ4v) is 11.9. The van der Waals surface area contributed by atoms with Crippen molar-refractivity contribution in [3.05, 3.63) is 102 Å². The molecular weight excluding hydrogens is 678 g/mol. The van der Waals surface area contributed by atoms with Crippen molar-refractivity contribution in [3.63, 3.8) is 0 Å². The number of anilines is 3. The van der Waals surface area contributed by atoms with Gasteiger partial charge in [0.05, 0.1) is 31.0 Å². The third-order valence-corrected chi connectivity index (χ3v) is 14.3. The Labute approximate surface area is 304 Å². The summed E-state index contributed by atoms with van der Waals surface area (Å²) in [6, 6.07) is 25.4. The van der Waals surface area contributed by atoms with Crippen LogP contribution in [0.15, 0.2) is 85.1 Å². The third-order valence-electron chi connectivity index (χ3n) is 11.9. The number of halogens is 1. The molecule has 1 aromatic heterocycles. The standard InChI is InChI=1S/C39H46FN7O4Si/c1-26-35(52(2,3)40)34(16-21-45-23-33(43-44-45)30(24-48)27-10-6-4-7-11-27)51-39(26)31-22-29(14-15-32(31)42-36(39)49)46-25-47(28-12-8-5-9-13-28)38(37(46)50)17-19-41-20-18-38/h4-15,22-23,26,30,34-35,41,48H,16-21,24-25H2,1-3H3,(H,42,49)/t26-,30?,34+,35-,39+/m1/s1. The molecule has 2 spiro atoms. The van der Waals surface area contributed by atoms with E-state index in [-0.39, 0.29) is 24.3 Å². The maximum absolute atomic E-state index is 16.4. The zero-order valence-corrected chi connectivity index (χ0v) is 30.8. The first-order valence-corrected chi connectivity index (χ1v) is 21.3. The van der Waals surface area contributed by atoms with Crippen LogP contribution in [-0.4, -0.2) is 78.3 Å². The number of fused-ring (bicyclic) bond motifs is 2. The van der Waals surface area contributed by atoms with Crippen LogP contribution in [0.4, 0.5) is 21.2 Å². The van der Waals surface area contributed by atoms with Gasteiger partial charge in [0, 0.05) is 46.8 Å². The molecule has 0 bridgehead atoms. The second kappa shape index (κ2) is 13.2. The molecule has 3 fully saturated rings. The zero-order chi connectivity index (χ0) is 36.3. The molecule has 2 amide bonds. The molecule has 52 heavy (non-hydrogen) atoms. The molecule has 5 heterocycles. The zero-order valence-electron chi connectivity index (χ0n) is 29.8. The molecule has 4 aliphatic heterocycles. The number of nitrogens with zero attached hydrogens (tertiary/aromatic N) is 5. The first-order valence-electron chi connectivity index (χ1n) is 18.3. The number of rotatable bonds is 9. The number of benzene rings is 3. The highest BCUT2D eigenvalue weighted by Gasteiger charge is 2.65. The predicted octanol–water partition coefficient (Wildman–Crippen LogP) is 5.15. The van der Waals surface area contributed by atoms with Gasteiger partial charge in [-0.1, -0.05) is 60.7 Å². The van der Waals surface area contributed by atoms with E-state index in [1.165, 1.54) is 0 Å². The molecule has 3 saturated heterocycles. The highest BCUT2D eigenvalue weighted by atomic mass is 28.4. The lowest BCUT2D eigenvalue weighted by atomic mass is 9.82. The van der Waals surface area contributed by atoms with Crippen LogP contribution >= 0.6 is 0 Å². The van der Waals surface area contributed by atoms with Gasteiger partial charge in [0.25, 0.3) is 11.8 Å². The largest absolute Gasteiger partial charge is 0.395 e. The minimum Gasteiger partial charge on any atom is -0.395 e. The summed E-state index contributed by atoms with van der Waals surface area (Å²) >= 11 is 0. The molecular formula is C39H46FN7O4Si. The number of hydrogen-bond acceptors (Lipinski definition) is 8. The number of carbonyl (C=O) groups excluding carboxylic acids is 2. The quantitative estimate of drug-likeness (QED) is 0.160. The first-order chi connectivity index (χ1) is 25.1. The maximum Gasteiger partial charge on any atom is 0.261 e. The molecule has 0 saturated carbocycles. The molecule has 272 valence electrons. The number of aryl methyl sites for hydroxylation is 1. The van der Waals surface area contributed by atoms with E-state index in [2.05, 4.69) is 25.8 Å². The van der Waals surface area contributed by atoms with Crippen molar-refractivity contribution in [2.24, 2.45) is 5.92 Å². The third kappa shape index (κ3) is 5.56. The van der Waals surface area contributed by atoms with Crippen LogP contribution in [0, 0.1) is 5.92 Å². The van der Waals surface area contributed by atoms with E-state index >= 15 is 4.11 Å². The molecule has 0 radical (unpaired) electrons. The van der Waals surface area contributed by atoms with Crippen molar-refractivity contribution in [3.8, 4) is 0 Å². The fourth-order valence-electron chi connectivity index (χ4n) is 9.36. The van der Waals surface area contributed by atoms with E-state index in [1.54, 1.807) is 17.8 Å². The van der Waals surface area contributed by atoms with Gasteiger partial charge < -0.3 is 29.5 Å². The molecule has 3 aromatic carbocycles. The Kier molecular flexibility index (Phi) is 8.80. The van der Waals surface area contributed by atoms with Crippen LogP contribution in [0.25, 0.3) is 0 Å². The normalized spacial score (nSPS) is 26.0. The molecule has 4 aromatic rings. The average Bonchev–Trinajstić information content (AvgIpc) is 3.88. The number of aliphatic hydroxyl groups is 1. The Morgan fingerprint density at radius 1 is 1.02 bits per heavy atom. The molecule has 0 aliphatic carbocycles. The lowest BCUT2D eigenvalue weighted by Crippen LogP contribution is -2.55. The second-order valence-corrected chi connectivity index (χ2v) is 19.0. The van der Waals surface area contributed by atoms with Gasteiger partial charge in [-0.05, 0) is 81.3 Å². The van der Waals surface area contributed by atoms with Crippen molar-refractivity contribution >= 4 is 37.3 Å². The van der Waals surface area contributed by atoms with Gasteiger partial charge in [-0.3, -0.25) is 19.2 Å². The minimum absolute atomic E-state index is 0.0421. The van der Waals surface area contributed by atoms with Crippen LogP contribution in [0.2, 0.25) is 18.6 Å². The van der Waals surface area contributed by atoms with Crippen molar-refractivity contribution in [1.29, 1.82) is 0 Å². The Morgan fingerprint density at radius 2 is 1.73 bits per heavy atom. The Morgan fingerprint density at radius 3 is 2.42 bits per heavy atom. The maximum atomic E-state index is 16.4. The summed E-state index contributed by atoms with van der Waals surface area (Å²) in [6.07, 6.45) is 3.06. The van der Waals surface area contributed by atoms with Crippen LogP contribution in [-0.2, 0) is 26.5 Å². The van der Waals surface area contributed by atoms with Crippen molar-refractivity contribution in [2.75, 3.05) is 41.5 Å². The molecule has 4 aliphatic rings. The lowest BCUT2D eigenvalue weighted by molar-refractivity contribution is -0.143. The van der Waals surface area contributed by atoms with Crippen molar-refractivity contribution in [2.45, 2.75) is 74.5 Å². The van der Waals surface area contributed by atoms with Gasteiger partial charge in [-0.2, -0.15) is 0 Å². The highest BCUT2D eigenvalue weighted by molar-refractivity contribution is 6.72. The van der Waals surface area contributed by atoms with Gasteiger partial charge in [0.15, 0.2) is 5.60 Å². The molecule has 8 rings (SSSR count). The SMILES string of the molecule is C[C@@H]1[C@@H]([Si](C)(C)F)[C@H](CCn2cc(C(CO)c3ccccc3)nn2)O[C@@]12C(=O)Nc1ccc(N3CN(c4ccccc4)C4(CCNCC4)C3=O)cc12. The number of amides is 2. The number of carbonyl (C=O) groups is 2. The number of piperidine rings is 1. The number of hydrogen-bond donors (Lipinski definition) is 3. The molecule has 11 nitrogen and oxygen atoms in total. The van der Waals surface area contributed by atoms with Gasteiger partial charge in [0.1, 0.15) is 5.54 Å². The van der Waals surface area contributed by atoms with Gasteiger partial charge in [-0.15, -0.1) is 5.10 Å². The van der Waals surface area contributed by atoms with Crippen LogP contribution in [0.3, 0.4) is 0 Å². The number of ether oxygens (including phenoxy) is 1. The molecule has 1 unspecified atom stereocenters. The van der Waals surface area contributed by atoms with Crippen LogP contribution in [0.5, 0.6) is 0 Å². The monoisotopic (exact) mass is 723 g/mol. The summed E-state index contributed by atoms with van der Waals surface area (Å²) < 4.78 is 25.0. The fraction of sp³-hybridized carbons (Fsp3) is 0.436. The van der Waals surface area contributed by atoms with E-state index in [0.717, 1.165) is 24.3 Å². The summed E-state index contributed by atoms with van der Waals surface area (Å²) in [4.78, 5) is 32.6. The lowest BCUT2D eigenvalue weighted by Gasteiger charge is -2.39. The number of nitrogens with one attached hydrogen (secondary N) is 2. The second-order valence-electron chi connectivity index (χ2n) is 15.2. The van der Waals surface area contributed by atoms with Crippen LogP contribution in [0.1, 0.15) is 48.9 Å². The smallest absolute Gasteiger partial charge is 0.261 e. The van der Waals surface area contributed by atoms with E-state index in [0.29, 0.717) is 55.1 Å². The highest BCUT2D eigenvalue weighted by Crippen LogP contribution is 2.59. The van der Waals surface area contributed by atoms with E-state index < -0.39 is 37.1 Å². The minimum atomic E-state index is -3.38. The van der Waals surface area contributed by atoms with Gasteiger partial charge in [0.2, 0.25) is 8.41 Å². The number of para-hydroxylation sites is 1. The van der Waals surface area contributed by atoms with Crippen molar-refractivity contribution in [1.82, 2.24) is 20.3 Å². The van der Waals surface area contributed by atoms with Gasteiger partial charge in [-0.25, -0.2) is 0 Å². The summed E-state index contributed by atoms with van der Waals surface area (Å²) in [5.74, 6) is -1.04. The van der Waals surface area contributed by atoms with Crippen molar-refractivity contribution < 1.29 is 23.5 Å². The first kappa shape index (κ1) is 34.6.